The van der Waals surface area contributed by atoms with Gasteiger partial charge in [-0.2, -0.15) is 8.42 Å². The number of carbonyl (C=O) groups excluding carboxylic acids is 2. The second kappa shape index (κ2) is 43.9. The van der Waals surface area contributed by atoms with Gasteiger partial charge in [-0.15, -0.1) is 0 Å². The van der Waals surface area contributed by atoms with E-state index >= 15 is 0 Å². The zero-order chi connectivity index (χ0) is 40.2. The number of unbranched alkanes of at least 4 members (excludes halogenated alkanes) is 22. The Morgan fingerprint density at radius 3 is 1.13 bits per heavy atom. The van der Waals surface area contributed by atoms with E-state index in [1.807, 2.05) is 0 Å². The fraction of sp³-hybridized carbons (Fsp3) is 0.860. The van der Waals surface area contributed by atoms with Crippen LogP contribution in [0.15, 0.2) is 24.3 Å². The van der Waals surface area contributed by atoms with Crippen LogP contribution in [0.25, 0.3) is 0 Å². The number of carbonyl (C=O) groups is 2. The predicted molar refractivity (Wildman–Crippen MR) is 227 cm³/mol. The lowest BCUT2D eigenvalue weighted by Gasteiger charge is -2.21. The van der Waals surface area contributed by atoms with Gasteiger partial charge in [0.2, 0.25) is 11.8 Å². The zero-order valence-corrected chi connectivity index (χ0v) is 36.0. The lowest BCUT2D eigenvalue weighted by atomic mass is 10.1. The summed E-state index contributed by atoms with van der Waals surface area (Å²) in [5.41, 5.74) is 0. The van der Waals surface area contributed by atoms with Gasteiger partial charge in [0.15, 0.2) is 0 Å². The molecule has 0 unspecified atom stereocenters. The van der Waals surface area contributed by atoms with Gasteiger partial charge in [0.1, 0.15) is 0 Å². The second-order valence-corrected chi connectivity index (χ2v) is 15.7. The smallest absolute Gasteiger partial charge is 0.395 e. The molecule has 0 rings (SSSR count). The number of allylic oxidation sites excluding steroid dienone is 4. The van der Waals surface area contributed by atoms with E-state index in [1.165, 1.54) is 141 Å². The monoisotopic (exact) mass is 788 g/mol. The largest absolute Gasteiger partial charge is 0.397 e. The number of hydrogen-bond donors (Lipinski definition) is 4. The van der Waals surface area contributed by atoms with Crippen LogP contribution < -0.4 is 10.6 Å². The van der Waals surface area contributed by atoms with E-state index in [9.17, 15) is 23.1 Å². The molecule has 0 saturated heterocycles. The van der Waals surface area contributed by atoms with E-state index in [1.54, 1.807) is 0 Å². The Morgan fingerprint density at radius 1 is 0.537 bits per heavy atom. The summed E-state index contributed by atoms with van der Waals surface area (Å²) in [5, 5.41) is 15.5. The molecule has 0 aliphatic carbocycles. The average molecular weight is 788 g/mol. The fourth-order valence-electron chi connectivity index (χ4n) is 6.07. The Labute approximate surface area is 333 Å². The lowest BCUT2D eigenvalue weighted by Crippen LogP contribution is -2.40. The minimum Gasteiger partial charge on any atom is -0.395 e. The van der Waals surface area contributed by atoms with Crippen LogP contribution in [0.5, 0.6) is 0 Å². The Morgan fingerprint density at radius 2 is 0.833 bits per heavy atom. The van der Waals surface area contributed by atoms with Gasteiger partial charge in [0, 0.05) is 45.6 Å². The summed E-state index contributed by atoms with van der Waals surface area (Å²) in [5.74, 6) is 0.231. The molecule has 0 aromatic rings. The van der Waals surface area contributed by atoms with Crippen molar-refractivity contribution in [1.82, 2.24) is 15.5 Å². The number of nitrogens with zero attached hydrogens (tertiary/aromatic N) is 1. The molecule has 0 fully saturated rings. The van der Waals surface area contributed by atoms with E-state index in [4.69, 9.17) is 4.55 Å². The van der Waals surface area contributed by atoms with Gasteiger partial charge < -0.3 is 15.7 Å². The molecular formula is C43H85N3O7S. The van der Waals surface area contributed by atoms with Gasteiger partial charge in [0.25, 0.3) is 0 Å². The third-order valence-corrected chi connectivity index (χ3v) is 9.88. The first kappa shape index (κ1) is 54.3. The van der Waals surface area contributed by atoms with Crippen LogP contribution in [0.1, 0.15) is 194 Å². The van der Waals surface area contributed by atoms with Gasteiger partial charge in [-0.05, 0) is 64.2 Å². The SMILES string of the molecule is CCCCCCCC/C=C\CCCCCCCC(=O)NCCN(CCO)CCNC(=O)CCCCCCC/C=C\CCCCCCCC.COS(=O)(=O)O. The molecule has 11 heteroatoms. The summed E-state index contributed by atoms with van der Waals surface area (Å²) in [6, 6.07) is 0. The summed E-state index contributed by atoms with van der Waals surface area (Å²) >= 11 is 0. The Balaban J connectivity index is 0. The Bertz CT molecular complexity index is 918. The molecule has 2 amide bonds. The molecule has 10 nitrogen and oxygen atoms in total. The molecule has 54 heavy (non-hydrogen) atoms. The van der Waals surface area contributed by atoms with Crippen molar-refractivity contribution in [3.63, 3.8) is 0 Å². The van der Waals surface area contributed by atoms with Crippen molar-refractivity contribution < 1.29 is 31.8 Å². The van der Waals surface area contributed by atoms with Crippen molar-refractivity contribution in [2.24, 2.45) is 0 Å². The minimum atomic E-state index is -4.16. The van der Waals surface area contributed by atoms with Crippen molar-refractivity contribution in [2.75, 3.05) is 46.4 Å². The molecule has 0 radical (unpaired) electrons. The van der Waals surface area contributed by atoms with Crippen LogP contribution in [-0.4, -0.2) is 81.2 Å². The lowest BCUT2D eigenvalue weighted by molar-refractivity contribution is -0.121. The molecule has 0 atom stereocenters. The molecule has 0 aromatic heterocycles. The highest BCUT2D eigenvalue weighted by Crippen LogP contribution is 2.11. The topological polar surface area (TPSA) is 145 Å². The van der Waals surface area contributed by atoms with Crippen LogP contribution in [0.4, 0.5) is 0 Å². The molecule has 0 aliphatic rings. The summed E-state index contributed by atoms with van der Waals surface area (Å²) in [4.78, 5) is 26.6. The van der Waals surface area contributed by atoms with Gasteiger partial charge in [0.05, 0.1) is 13.7 Å². The number of aliphatic hydroxyl groups is 1. The second-order valence-electron chi connectivity index (χ2n) is 14.5. The van der Waals surface area contributed by atoms with Crippen molar-refractivity contribution in [2.45, 2.75) is 194 Å². The standard InChI is InChI=1S/C42H81N3O3.CH4O4S/c1-3-5-7-9-11-13-15-17-19-21-23-25-27-29-31-33-41(47)43-35-37-45(39-40-46)38-36-44-42(48)34-32-30-28-26-24-22-20-18-16-14-12-10-8-6-4-2;1-5-6(2,3)4/h17-20,46H,3-16,21-40H2,1-2H3,(H,43,47)(H,44,48);1H3,(H,2,3,4)/b19-17-,20-18-;. The Hall–Kier alpha value is -1.79. The first-order valence-electron chi connectivity index (χ1n) is 21.9. The van der Waals surface area contributed by atoms with Gasteiger partial charge >= 0.3 is 10.4 Å². The van der Waals surface area contributed by atoms with E-state index in [2.05, 4.69) is 57.9 Å². The van der Waals surface area contributed by atoms with Crippen molar-refractivity contribution in [1.29, 1.82) is 0 Å². The van der Waals surface area contributed by atoms with Crippen LogP contribution in [0, 0.1) is 0 Å². The molecule has 0 aromatic carbocycles. The van der Waals surface area contributed by atoms with Gasteiger partial charge in [-0.1, -0.05) is 141 Å². The summed E-state index contributed by atoms with van der Waals surface area (Å²) in [7, 11) is -3.29. The minimum absolute atomic E-state index is 0.0751. The molecule has 0 saturated carbocycles. The third kappa shape index (κ3) is 48.2. The van der Waals surface area contributed by atoms with Crippen LogP contribution in [0.3, 0.4) is 0 Å². The first-order valence-corrected chi connectivity index (χ1v) is 23.3. The summed E-state index contributed by atoms with van der Waals surface area (Å²) < 4.78 is 29.7. The van der Waals surface area contributed by atoms with E-state index in [-0.39, 0.29) is 18.4 Å². The van der Waals surface area contributed by atoms with Gasteiger partial charge in [-0.25, -0.2) is 0 Å². The molecule has 0 heterocycles. The van der Waals surface area contributed by atoms with Crippen LogP contribution >= 0.6 is 0 Å². The van der Waals surface area contributed by atoms with Crippen molar-refractivity contribution in [3.8, 4) is 0 Å². The average Bonchev–Trinajstić information content (AvgIpc) is 3.14. The quantitative estimate of drug-likeness (QED) is 0.0274. The molecule has 4 N–H and O–H groups in total. The van der Waals surface area contributed by atoms with E-state index < -0.39 is 10.4 Å². The van der Waals surface area contributed by atoms with Crippen LogP contribution in [-0.2, 0) is 24.2 Å². The third-order valence-electron chi connectivity index (χ3n) is 9.46. The molecule has 0 bridgehead atoms. The maximum Gasteiger partial charge on any atom is 0.397 e. The van der Waals surface area contributed by atoms with E-state index in [0.29, 0.717) is 45.6 Å². The maximum absolute atomic E-state index is 12.3. The highest BCUT2D eigenvalue weighted by atomic mass is 32.3. The molecular weight excluding hydrogens is 703 g/mol. The highest BCUT2D eigenvalue weighted by Gasteiger charge is 2.08. The number of amides is 2. The van der Waals surface area contributed by atoms with Crippen molar-refractivity contribution >= 4 is 22.2 Å². The van der Waals surface area contributed by atoms with Crippen LogP contribution in [0.2, 0.25) is 0 Å². The highest BCUT2D eigenvalue weighted by molar-refractivity contribution is 7.80. The molecule has 320 valence electrons. The molecule has 0 spiro atoms. The maximum atomic E-state index is 12.3. The predicted octanol–water partition coefficient (Wildman–Crippen LogP) is 10.0. The number of rotatable bonds is 39. The summed E-state index contributed by atoms with van der Waals surface area (Å²) in [6.07, 6.45) is 43.3. The number of aliphatic hydroxyl groups excluding tert-OH is 1. The fourth-order valence-corrected chi connectivity index (χ4v) is 6.07. The van der Waals surface area contributed by atoms with E-state index in [0.717, 1.165) is 32.8 Å². The summed E-state index contributed by atoms with van der Waals surface area (Å²) in [6.45, 7) is 7.68. The first-order chi connectivity index (χ1) is 26.2. The number of hydrogen-bond acceptors (Lipinski definition) is 7. The normalized spacial score (nSPS) is 11.7. The van der Waals surface area contributed by atoms with Gasteiger partial charge in [-0.3, -0.25) is 23.2 Å². The van der Waals surface area contributed by atoms with Crippen molar-refractivity contribution in [3.05, 3.63) is 24.3 Å². The zero-order valence-electron chi connectivity index (χ0n) is 35.1. The number of nitrogens with one attached hydrogen (secondary N) is 2. The molecule has 0 aliphatic heterocycles. The Kier molecular flexibility index (Phi) is 44.2.